The molecule has 1 saturated heterocycles. The molecule has 2 aliphatic rings. The van der Waals surface area contributed by atoms with Gasteiger partial charge in [-0.1, -0.05) is 0 Å². The van der Waals surface area contributed by atoms with E-state index in [4.69, 9.17) is 0 Å². The maximum absolute atomic E-state index is 12.2. The number of H-pyrrole nitrogens is 1. The molecule has 8 nitrogen and oxygen atoms in total. The normalized spacial score (nSPS) is 22.8. The second-order valence-electron chi connectivity index (χ2n) is 4.21. The summed E-state index contributed by atoms with van der Waals surface area (Å²) >= 11 is 3.09. The number of carbonyl (C=O) groups is 4. The van der Waals surface area contributed by atoms with Crippen LogP contribution in [-0.2, 0) is 9.59 Å². The maximum atomic E-state index is 12.2. The number of aromatic nitrogens is 2. The van der Waals surface area contributed by atoms with Crippen molar-refractivity contribution in [2.24, 2.45) is 0 Å². The summed E-state index contributed by atoms with van der Waals surface area (Å²) in [6.07, 6.45) is 0.228. The number of imide groups is 2. The SMILES string of the molecule is O=C1CCC(N2C(=O)c3n[nH]c(Br)c3C2=O)C(=O)N1. The first-order valence-corrected chi connectivity index (χ1v) is 6.25. The number of halogens is 1. The van der Waals surface area contributed by atoms with E-state index in [2.05, 4.69) is 31.4 Å². The first-order valence-electron chi connectivity index (χ1n) is 5.46. The summed E-state index contributed by atoms with van der Waals surface area (Å²) in [6, 6.07) is -0.959. The molecule has 3 heterocycles. The van der Waals surface area contributed by atoms with Gasteiger partial charge in [-0.2, -0.15) is 5.10 Å². The summed E-state index contributed by atoms with van der Waals surface area (Å²) in [7, 11) is 0. The number of aromatic amines is 1. The van der Waals surface area contributed by atoms with Crippen LogP contribution in [0.5, 0.6) is 0 Å². The first-order chi connectivity index (χ1) is 9.00. The van der Waals surface area contributed by atoms with Crippen molar-refractivity contribution in [1.29, 1.82) is 0 Å². The Balaban J connectivity index is 1.96. The molecule has 1 aromatic heterocycles. The van der Waals surface area contributed by atoms with E-state index in [1.807, 2.05) is 0 Å². The van der Waals surface area contributed by atoms with Gasteiger partial charge in [0.2, 0.25) is 11.8 Å². The number of amides is 4. The van der Waals surface area contributed by atoms with E-state index in [0.717, 1.165) is 4.90 Å². The van der Waals surface area contributed by atoms with Gasteiger partial charge >= 0.3 is 0 Å². The number of nitrogens with one attached hydrogen (secondary N) is 2. The molecule has 0 spiro atoms. The molecule has 0 aromatic carbocycles. The fourth-order valence-corrected chi connectivity index (χ4v) is 2.66. The van der Waals surface area contributed by atoms with Gasteiger partial charge in [0.1, 0.15) is 16.2 Å². The zero-order valence-electron chi connectivity index (χ0n) is 9.40. The molecular weight excluding hydrogens is 320 g/mol. The van der Waals surface area contributed by atoms with Crippen LogP contribution in [0.1, 0.15) is 33.7 Å². The van der Waals surface area contributed by atoms with Gasteiger partial charge in [0, 0.05) is 6.42 Å². The Morgan fingerprint density at radius 2 is 1.95 bits per heavy atom. The third-order valence-electron chi connectivity index (χ3n) is 3.10. The number of carbonyl (C=O) groups excluding carboxylic acids is 4. The number of hydrogen-bond acceptors (Lipinski definition) is 5. The van der Waals surface area contributed by atoms with Crippen LogP contribution >= 0.6 is 15.9 Å². The van der Waals surface area contributed by atoms with Gasteiger partial charge < -0.3 is 0 Å². The van der Waals surface area contributed by atoms with Gasteiger partial charge in [-0.05, 0) is 22.4 Å². The summed E-state index contributed by atoms with van der Waals surface area (Å²) in [5.41, 5.74) is 0.108. The van der Waals surface area contributed by atoms with Crippen LogP contribution in [0.25, 0.3) is 0 Å². The smallest absolute Gasteiger partial charge is 0.282 e. The van der Waals surface area contributed by atoms with E-state index in [9.17, 15) is 19.2 Å². The standard InChI is InChI=1S/C10H7BrN4O4/c11-7-5-6(13-14-7)10(19)15(9(5)18)3-1-2-4(16)12-8(3)17/h3H,1-2H2,(H,13,14)(H,12,16,17). The third kappa shape index (κ3) is 1.61. The lowest BCUT2D eigenvalue weighted by molar-refractivity contribution is -0.136. The average molecular weight is 327 g/mol. The predicted molar refractivity (Wildman–Crippen MR) is 63.0 cm³/mol. The molecule has 1 atom stereocenters. The Labute approximate surface area is 114 Å². The Morgan fingerprint density at radius 1 is 1.21 bits per heavy atom. The van der Waals surface area contributed by atoms with Crippen LogP contribution in [0.4, 0.5) is 0 Å². The highest BCUT2D eigenvalue weighted by Gasteiger charge is 2.47. The second-order valence-corrected chi connectivity index (χ2v) is 5.00. The molecule has 1 aromatic rings. The van der Waals surface area contributed by atoms with Crippen LogP contribution < -0.4 is 5.32 Å². The fourth-order valence-electron chi connectivity index (χ4n) is 2.21. The molecule has 0 saturated carbocycles. The van der Waals surface area contributed by atoms with Crippen LogP contribution in [0, 0.1) is 0 Å². The minimum atomic E-state index is -0.959. The number of piperidine rings is 1. The van der Waals surface area contributed by atoms with Crippen molar-refractivity contribution in [2.75, 3.05) is 0 Å². The average Bonchev–Trinajstić information content (AvgIpc) is 2.83. The van der Waals surface area contributed by atoms with E-state index in [1.165, 1.54) is 0 Å². The molecule has 4 amide bonds. The van der Waals surface area contributed by atoms with Crippen molar-refractivity contribution < 1.29 is 19.2 Å². The minimum absolute atomic E-state index is 0.0124. The molecule has 98 valence electrons. The van der Waals surface area contributed by atoms with Crippen LogP contribution in [0.15, 0.2) is 4.60 Å². The molecule has 1 unspecified atom stereocenters. The number of rotatable bonds is 1. The van der Waals surface area contributed by atoms with Crippen LogP contribution in [-0.4, -0.2) is 44.8 Å². The molecule has 3 rings (SSSR count). The zero-order valence-corrected chi connectivity index (χ0v) is 11.0. The monoisotopic (exact) mass is 326 g/mol. The number of fused-ring (bicyclic) bond motifs is 1. The van der Waals surface area contributed by atoms with Gasteiger partial charge in [0.05, 0.1) is 0 Å². The van der Waals surface area contributed by atoms with Crippen molar-refractivity contribution in [3.63, 3.8) is 0 Å². The lowest BCUT2D eigenvalue weighted by atomic mass is 10.0. The lowest BCUT2D eigenvalue weighted by Crippen LogP contribution is -2.54. The third-order valence-corrected chi connectivity index (χ3v) is 3.67. The Hall–Kier alpha value is -2.03. The summed E-state index contributed by atoms with van der Waals surface area (Å²) in [6.45, 7) is 0. The van der Waals surface area contributed by atoms with Crippen molar-refractivity contribution in [3.05, 3.63) is 15.9 Å². The highest BCUT2D eigenvalue weighted by Crippen LogP contribution is 2.30. The molecule has 0 bridgehead atoms. The molecule has 0 radical (unpaired) electrons. The van der Waals surface area contributed by atoms with E-state index in [1.54, 1.807) is 0 Å². The molecule has 19 heavy (non-hydrogen) atoms. The predicted octanol–water partition coefficient (Wildman–Crippen LogP) is -0.427. The van der Waals surface area contributed by atoms with E-state index < -0.39 is 29.7 Å². The molecule has 2 aliphatic heterocycles. The molecule has 1 fully saturated rings. The van der Waals surface area contributed by atoms with Gasteiger partial charge in [-0.3, -0.25) is 34.5 Å². The van der Waals surface area contributed by atoms with Crippen molar-refractivity contribution >= 4 is 39.6 Å². The first kappa shape index (κ1) is 12.0. The van der Waals surface area contributed by atoms with Crippen LogP contribution in [0.2, 0.25) is 0 Å². The van der Waals surface area contributed by atoms with E-state index in [-0.39, 0.29) is 24.1 Å². The van der Waals surface area contributed by atoms with E-state index >= 15 is 0 Å². The second kappa shape index (κ2) is 3.98. The molecule has 9 heteroatoms. The lowest BCUT2D eigenvalue weighted by Gasteiger charge is -2.27. The van der Waals surface area contributed by atoms with Gasteiger partial charge in [-0.15, -0.1) is 0 Å². The van der Waals surface area contributed by atoms with Crippen molar-refractivity contribution in [2.45, 2.75) is 18.9 Å². The van der Waals surface area contributed by atoms with Crippen molar-refractivity contribution in [3.8, 4) is 0 Å². The summed E-state index contributed by atoms with van der Waals surface area (Å²) in [5.74, 6) is -2.25. The highest BCUT2D eigenvalue weighted by atomic mass is 79.9. The molecular formula is C10H7BrN4O4. The quantitative estimate of drug-likeness (QED) is 0.680. The highest BCUT2D eigenvalue weighted by molar-refractivity contribution is 9.10. The maximum Gasteiger partial charge on any atom is 0.282 e. The minimum Gasteiger partial charge on any atom is -0.295 e. The Kier molecular flexibility index (Phi) is 2.52. The van der Waals surface area contributed by atoms with Gasteiger partial charge in [-0.25, -0.2) is 0 Å². The van der Waals surface area contributed by atoms with Crippen LogP contribution in [0.3, 0.4) is 0 Å². The summed E-state index contributed by atoms with van der Waals surface area (Å²) < 4.78 is 0.302. The summed E-state index contributed by atoms with van der Waals surface area (Å²) in [5, 5.41) is 8.33. The number of nitrogens with zero attached hydrogens (tertiary/aromatic N) is 2. The topological polar surface area (TPSA) is 112 Å². The van der Waals surface area contributed by atoms with Gasteiger partial charge in [0.25, 0.3) is 11.8 Å². The largest absolute Gasteiger partial charge is 0.295 e. The van der Waals surface area contributed by atoms with Crippen molar-refractivity contribution in [1.82, 2.24) is 20.4 Å². The number of hydrogen-bond donors (Lipinski definition) is 2. The summed E-state index contributed by atoms with van der Waals surface area (Å²) in [4.78, 5) is 47.9. The fraction of sp³-hybridized carbons (Fsp3) is 0.300. The molecule has 0 aliphatic carbocycles. The Morgan fingerprint density at radius 3 is 2.58 bits per heavy atom. The molecule has 2 N–H and O–H groups in total. The Bertz CT molecular complexity index is 637. The van der Waals surface area contributed by atoms with E-state index in [0.29, 0.717) is 4.60 Å². The van der Waals surface area contributed by atoms with Gasteiger partial charge in [0.15, 0.2) is 5.69 Å². The zero-order chi connectivity index (χ0) is 13.7.